The van der Waals surface area contributed by atoms with Crippen molar-refractivity contribution in [1.29, 1.82) is 0 Å². The zero-order valence-corrected chi connectivity index (χ0v) is 12.4. The van der Waals surface area contributed by atoms with Gasteiger partial charge in [0.2, 0.25) is 5.91 Å². The van der Waals surface area contributed by atoms with Gasteiger partial charge in [-0.3, -0.25) is 4.79 Å². The molecule has 0 heterocycles. The summed E-state index contributed by atoms with van der Waals surface area (Å²) in [4.78, 5) is 11.6. The van der Waals surface area contributed by atoms with E-state index >= 15 is 0 Å². The second-order valence-corrected chi connectivity index (χ2v) is 6.88. The van der Waals surface area contributed by atoms with Crippen LogP contribution in [0.1, 0.15) is 38.2 Å². The molecule has 0 atom stereocenters. The summed E-state index contributed by atoms with van der Waals surface area (Å²) in [6.45, 7) is 2.48. The molecule has 1 aromatic carbocycles. The molecule has 0 fully saturated rings. The van der Waals surface area contributed by atoms with Gasteiger partial charge in [0.05, 0.1) is 4.90 Å². The molecule has 1 N–H and O–H groups in total. The minimum absolute atomic E-state index is 0.0162. The van der Waals surface area contributed by atoms with Gasteiger partial charge in [0, 0.05) is 23.6 Å². The van der Waals surface area contributed by atoms with Crippen LogP contribution in [0, 0.1) is 0 Å². The van der Waals surface area contributed by atoms with E-state index in [2.05, 4.69) is 12.2 Å². The van der Waals surface area contributed by atoms with E-state index in [1.54, 1.807) is 12.1 Å². The molecule has 19 heavy (non-hydrogen) atoms. The average Bonchev–Trinajstić information content (AvgIpc) is 2.36. The second-order valence-electron chi connectivity index (χ2n) is 4.32. The van der Waals surface area contributed by atoms with Gasteiger partial charge in [0.15, 0.2) is 0 Å². The van der Waals surface area contributed by atoms with Crippen LogP contribution in [0.25, 0.3) is 0 Å². The van der Waals surface area contributed by atoms with Gasteiger partial charge in [-0.15, -0.1) is 0 Å². The fraction of sp³-hybridized carbons (Fsp3) is 0.462. The van der Waals surface area contributed by atoms with E-state index in [9.17, 15) is 13.2 Å². The Balaban J connectivity index is 2.44. The molecule has 0 aliphatic carbocycles. The molecule has 0 saturated carbocycles. The van der Waals surface area contributed by atoms with E-state index in [4.69, 9.17) is 10.7 Å². The van der Waals surface area contributed by atoms with Gasteiger partial charge in [-0.05, 0) is 24.1 Å². The Hall–Kier alpha value is -1.07. The standard InChI is InChI=1S/C13H18ClNO3S/c1-2-3-4-5-13(16)15-10-11-6-8-12(9-7-11)19(14,17)18/h6-9H,2-5,10H2,1H3,(H,15,16). The summed E-state index contributed by atoms with van der Waals surface area (Å²) in [5.41, 5.74) is 0.841. The van der Waals surface area contributed by atoms with Crippen LogP contribution in [-0.2, 0) is 20.4 Å². The Kier molecular flexibility index (Phi) is 6.31. The maximum atomic E-state index is 11.5. The topological polar surface area (TPSA) is 63.2 Å². The monoisotopic (exact) mass is 303 g/mol. The lowest BCUT2D eigenvalue weighted by atomic mass is 10.2. The van der Waals surface area contributed by atoms with Crippen molar-refractivity contribution >= 4 is 25.6 Å². The summed E-state index contributed by atoms with van der Waals surface area (Å²) >= 11 is 0. The lowest BCUT2D eigenvalue weighted by molar-refractivity contribution is -0.121. The van der Waals surface area contributed by atoms with Crippen molar-refractivity contribution in [3.8, 4) is 0 Å². The number of unbranched alkanes of at least 4 members (excludes halogenated alkanes) is 2. The van der Waals surface area contributed by atoms with E-state index in [1.807, 2.05) is 0 Å². The summed E-state index contributed by atoms with van der Waals surface area (Å²) in [6, 6.07) is 6.14. The summed E-state index contributed by atoms with van der Waals surface area (Å²) in [5, 5.41) is 2.79. The fourth-order valence-electron chi connectivity index (χ4n) is 1.59. The van der Waals surface area contributed by atoms with Crippen molar-refractivity contribution in [3.63, 3.8) is 0 Å². The predicted octanol–water partition coefficient (Wildman–Crippen LogP) is 2.81. The summed E-state index contributed by atoms with van der Waals surface area (Å²) < 4.78 is 22.1. The van der Waals surface area contributed by atoms with Gasteiger partial charge in [-0.2, -0.15) is 0 Å². The van der Waals surface area contributed by atoms with Crippen LogP contribution in [0.5, 0.6) is 0 Å². The third-order valence-corrected chi connectivity index (χ3v) is 4.07. The number of halogens is 1. The minimum Gasteiger partial charge on any atom is -0.352 e. The Morgan fingerprint density at radius 1 is 1.21 bits per heavy atom. The first-order chi connectivity index (χ1) is 8.93. The highest BCUT2D eigenvalue weighted by atomic mass is 35.7. The first-order valence-electron chi connectivity index (χ1n) is 6.24. The molecule has 0 unspecified atom stereocenters. The number of amides is 1. The third kappa shape index (κ3) is 6.07. The summed E-state index contributed by atoms with van der Waals surface area (Å²) in [6.07, 6.45) is 3.56. The maximum Gasteiger partial charge on any atom is 0.261 e. The van der Waals surface area contributed by atoms with E-state index in [0.717, 1.165) is 24.8 Å². The summed E-state index contributed by atoms with van der Waals surface area (Å²) in [5.74, 6) is 0.0162. The molecule has 1 rings (SSSR count). The maximum absolute atomic E-state index is 11.5. The van der Waals surface area contributed by atoms with Gasteiger partial charge < -0.3 is 5.32 Å². The van der Waals surface area contributed by atoms with Gasteiger partial charge in [0.25, 0.3) is 9.05 Å². The quantitative estimate of drug-likeness (QED) is 0.622. The smallest absolute Gasteiger partial charge is 0.261 e. The van der Waals surface area contributed by atoms with E-state index in [-0.39, 0.29) is 10.8 Å². The second kappa shape index (κ2) is 7.50. The molecule has 0 radical (unpaired) electrons. The van der Waals surface area contributed by atoms with Crippen LogP contribution >= 0.6 is 10.7 Å². The van der Waals surface area contributed by atoms with Crippen LogP contribution < -0.4 is 5.32 Å². The molecule has 6 heteroatoms. The van der Waals surface area contributed by atoms with Gasteiger partial charge in [0.1, 0.15) is 0 Å². The van der Waals surface area contributed by atoms with E-state index < -0.39 is 9.05 Å². The van der Waals surface area contributed by atoms with Crippen LogP contribution in [0.4, 0.5) is 0 Å². The van der Waals surface area contributed by atoms with Crippen LogP contribution in [0.15, 0.2) is 29.2 Å². The number of hydrogen-bond acceptors (Lipinski definition) is 3. The first kappa shape index (κ1) is 16.0. The lowest BCUT2D eigenvalue weighted by Crippen LogP contribution is -2.22. The highest BCUT2D eigenvalue weighted by molar-refractivity contribution is 8.13. The Bertz CT molecular complexity index is 511. The Labute approximate surface area is 118 Å². The number of benzene rings is 1. The number of nitrogens with one attached hydrogen (secondary N) is 1. The minimum atomic E-state index is -3.68. The molecule has 0 aromatic heterocycles. The molecule has 106 valence electrons. The first-order valence-corrected chi connectivity index (χ1v) is 8.54. The largest absolute Gasteiger partial charge is 0.352 e. The molecule has 0 saturated heterocycles. The average molecular weight is 304 g/mol. The molecule has 4 nitrogen and oxygen atoms in total. The van der Waals surface area contributed by atoms with Crippen molar-refractivity contribution in [1.82, 2.24) is 5.32 Å². The van der Waals surface area contributed by atoms with E-state index in [0.29, 0.717) is 13.0 Å². The molecule has 0 aliphatic rings. The van der Waals surface area contributed by atoms with Crippen molar-refractivity contribution in [3.05, 3.63) is 29.8 Å². The lowest BCUT2D eigenvalue weighted by Gasteiger charge is -2.05. The van der Waals surface area contributed by atoms with Crippen molar-refractivity contribution < 1.29 is 13.2 Å². The van der Waals surface area contributed by atoms with Gasteiger partial charge >= 0.3 is 0 Å². The molecular formula is C13H18ClNO3S. The molecule has 0 aliphatic heterocycles. The van der Waals surface area contributed by atoms with E-state index in [1.165, 1.54) is 12.1 Å². The van der Waals surface area contributed by atoms with Crippen molar-refractivity contribution in [2.45, 2.75) is 44.0 Å². The fourth-order valence-corrected chi connectivity index (χ4v) is 2.36. The normalized spacial score (nSPS) is 11.3. The number of rotatable bonds is 7. The highest BCUT2D eigenvalue weighted by Crippen LogP contribution is 2.15. The van der Waals surface area contributed by atoms with Crippen molar-refractivity contribution in [2.24, 2.45) is 0 Å². The Morgan fingerprint density at radius 2 is 1.84 bits per heavy atom. The Morgan fingerprint density at radius 3 is 2.37 bits per heavy atom. The molecule has 0 bridgehead atoms. The molecule has 1 amide bonds. The van der Waals surface area contributed by atoms with Crippen LogP contribution in [-0.4, -0.2) is 14.3 Å². The molecular weight excluding hydrogens is 286 g/mol. The predicted molar refractivity (Wildman–Crippen MR) is 75.5 cm³/mol. The SMILES string of the molecule is CCCCCC(=O)NCc1ccc(S(=O)(=O)Cl)cc1. The van der Waals surface area contributed by atoms with Crippen LogP contribution in [0.3, 0.4) is 0 Å². The van der Waals surface area contributed by atoms with Gasteiger partial charge in [-0.25, -0.2) is 8.42 Å². The number of carbonyl (C=O) groups is 1. The molecule has 1 aromatic rings. The molecule has 0 spiro atoms. The number of carbonyl (C=O) groups excluding carboxylic acids is 1. The zero-order valence-electron chi connectivity index (χ0n) is 10.9. The zero-order chi connectivity index (χ0) is 14.3. The van der Waals surface area contributed by atoms with Crippen LogP contribution in [0.2, 0.25) is 0 Å². The number of hydrogen-bond donors (Lipinski definition) is 1. The highest BCUT2D eigenvalue weighted by Gasteiger charge is 2.09. The van der Waals surface area contributed by atoms with Gasteiger partial charge in [-0.1, -0.05) is 31.9 Å². The van der Waals surface area contributed by atoms with Crippen molar-refractivity contribution in [2.75, 3.05) is 0 Å². The third-order valence-electron chi connectivity index (χ3n) is 2.70. The summed E-state index contributed by atoms with van der Waals surface area (Å²) in [7, 11) is 1.53.